The molecule has 1 saturated heterocycles. The van der Waals surface area contributed by atoms with E-state index in [2.05, 4.69) is 26.1 Å². The van der Waals surface area contributed by atoms with Gasteiger partial charge in [0.2, 0.25) is 0 Å². The normalized spacial score (nSPS) is 17.7. The van der Waals surface area contributed by atoms with Crippen LogP contribution in [-0.4, -0.2) is 49.0 Å². The number of phenols is 1. The van der Waals surface area contributed by atoms with Crippen molar-refractivity contribution in [3.63, 3.8) is 0 Å². The smallest absolute Gasteiger partial charge is 0.389 e. The van der Waals surface area contributed by atoms with Gasteiger partial charge >= 0.3 is 6.18 Å². The Balaban J connectivity index is 2.30. The van der Waals surface area contributed by atoms with E-state index in [4.69, 9.17) is 4.74 Å². The first-order valence-corrected chi connectivity index (χ1v) is 8.78. The summed E-state index contributed by atoms with van der Waals surface area (Å²) in [4.78, 5) is 2.05. The molecule has 1 aliphatic rings. The van der Waals surface area contributed by atoms with Crippen LogP contribution in [0.1, 0.15) is 31.4 Å². The second kappa shape index (κ2) is 8.40. The van der Waals surface area contributed by atoms with Gasteiger partial charge in [-0.3, -0.25) is 4.90 Å². The summed E-state index contributed by atoms with van der Waals surface area (Å²) in [5, 5.41) is 13.2. The summed E-state index contributed by atoms with van der Waals surface area (Å²) in [7, 11) is 0. The first kappa shape index (κ1) is 19.3. The zero-order valence-electron chi connectivity index (χ0n) is 13.5. The zero-order chi connectivity index (χ0) is 17.7. The van der Waals surface area contributed by atoms with Crippen molar-refractivity contribution in [1.29, 1.82) is 0 Å². The molecule has 1 heterocycles. The average molecular weight is 411 g/mol. The van der Waals surface area contributed by atoms with Crippen LogP contribution in [0.4, 0.5) is 13.2 Å². The molecule has 1 aliphatic heterocycles. The van der Waals surface area contributed by atoms with Gasteiger partial charge in [-0.25, -0.2) is 0 Å². The number of alkyl halides is 3. The molecule has 0 radical (unpaired) electrons. The van der Waals surface area contributed by atoms with Gasteiger partial charge in [0, 0.05) is 38.6 Å². The molecule has 0 unspecified atom stereocenters. The number of nitrogens with zero attached hydrogens (tertiary/aromatic N) is 1. The summed E-state index contributed by atoms with van der Waals surface area (Å²) >= 11 is 3.27. The number of phenolic OH excluding ortho intramolecular Hbond substituents is 1. The van der Waals surface area contributed by atoms with E-state index in [-0.39, 0.29) is 24.0 Å². The molecule has 1 atom stereocenters. The summed E-state index contributed by atoms with van der Waals surface area (Å²) in [6.07, 6.45) is -5.06. The van der Waals surface area contributed by atoms with Crippen LogP contribution in [-0.2, 0) is 0 Å². The van der Waals surface area contributed by atoms with E-state index in [1.807, 2.05) is 0 Å². The fraction of sp³-hybridized carbons (Fsp3) is 0.625. The van der Waals surface area contributed by atoms with E-state index < -0.39 is 12.6 Å². The van der Waals surface area contributed by atoms with Gasteiger partial charge in [0.05, 0.1) is 11.1 Å². The Labute approximate surface area is 148 Å². The van der Waals surface area contributed by atoms with E-state index in [1.165, 1.54) is 0 Å². The molecule has 24 heavy (non-hydrogen) atoms. The lowest BCUT2D eigenvalue weighted by Gasteiger charge is -2.35. The van der Waals surface area contributed by atoms with Crippen molar-refractivity contribution in [2.45, 2.75) is 32.0 Å². The molecular weight excluding hydrogens is 389 g/mol. The SMILES string of the molecule is CCOc1cc([C@@H](CCC(F)(F)F)N2CCNCC2)cc(Br)c1O. The maximum Gasteiger partial charge on any atom is 0.389 e. The van der Waals surface area contributed by atoms with Crippen LogP contribution in [0, 0.1) is 0 Å². The topological polar surface area (TPSA) is 44.7 Å². The number of hydrogen-bond donors (Lipinski definition) is 2. The minimum atomic E-state index is -4.19. The second-order valence-corrected chi connectivity index (χ2v) is 6.59. The molecule has 8 heteroatoms. The third kappa shape index (κ3) is 5.26. The Bertz CT molecular complexity index is 549. The molecular formula is C16H22BrF3N2O2. The quantitative estimate of drug-likeness (QED) is 0.747. The number of aromatic hydroxyl groups is 1. The highest BCUT2D eigenvalue weighted by Crippen LogP contribution is 2.40. The van der Waals surface area contributed by atoms with Crippen LogP contribution >= 0.6 is 15.9 Å². The Hall–Kier alpha value is -0.990. The number of nitrogens with one attached hydrogen (secondary N) is 1. The second-order valence-electron chi connectivity index (χ2n) is 5.74. The maximum absolute atomic E-state index is 12.7. The van der Waals surface area contributed by atoms with Crippen LogP contribution in [0.2, 0.25) is 0 Å². The lowest BCUT2D eigenvalue weighted by Crippen LogP contribution is -2.45. The highest BCUT2D eigenvalue weighted by molar-refractivity contribution is 9.10. The molecule has 2 N–H and O–H groups in total. The maximum atomic E-state index is 12.7. The molecule has 1 aromatic rings. The van der Waals surface area contributed by atoms with Crippen molar-refractivity contribution in [2.24, 2.45) is 0 Å². The third-order valence-electron chi connectivity index (χ3n) is 4.03. The molecule has 0 bridgehead atoms. The van der Waals surface area contributed by atoms with Crippen LogP contribution in [0.25, 0.3) is 0 Å². The number of halogens is 4. The van der Waals surface area contributed by atoms with E-state index in [0.717, 1.165) is 13.1 Å². The number of benzene rings is 1. The van der Waals surface area contributed by atoms with Gasteiger partial charge in [-0.05, 0) is 47.0 Å². The van der Waals surface area contributed by atoms with Gasteiger partial charge in [-0.15, -0.1) is 0 Å². The van der Waals surface area contributed by atoms with Crippen molar-refractivity contribution < 1.29 is 23.0 Å². The minimum Gasteiger partial charge on any atom is -0.503 e. The molecule has 136 valence electrons. The molecule has 1 fully saturated rings. The molecule has 1 aromatic carbocycles. The van der Waals surface area contributed by atoms with Crippen molar-refractivity contribution in [3.05, 3.63) is 22.2 Å². The number of piperazine rings is 1. The van der Waals surface area contributed by atoms with Gasteiger partial charge in [0.1, 0.15) is 0 Å². The Morgan fingerprint density at radius 1 is 1.33 bits per heavy atom. The van der Waals surface area contributed by atoms with Crippen LogP contribution in [0.5, 0.6) is 11.5 Å². The summed E-state index contributed by atoms with van der Waals surface area (Å²) in [6.45, 7) is 5.03. The highest BCUT2D eigenvalue weighted by atomic mass is 79.9. The summed E-state index contributed by atoms with van der Waals surface area (Å²) in [5.74, 6) is 0.254. The average Bonchev–Trinajstić information content (AvgIpc) is 2.52. The molecule has 0 spiro atoms. The Kier molecular flexibility index (Phi) is 6.77. The largest absolute Gasteiger partial charge is 0.503 e. The molecule has 0 amide bonds. The molecule has 4 nitrogen and oxygen atoms in total. The summed E-state index contributed by atoms with van der Waals surface area (Å²) < 4.78 is 44.0. The monoisotopic (exact) mass is 410 g/mol. The molecule has 0 saturated carbocycles. The zero-order valence-corrected chi connectivity index (χ0v) is 15.1. The predicted octanol–water partition coefficient (Wildman–Crippen LogP) is 3.84. The fourth-order valence-corrected chi connectivity index (χ4v) is 3.37. The third-order valence-corrected chi connectivity index (χ3v) is 4.63. The first-order valence-electron chi connectivity index (χ1n) is 7.98. The number of rotatable bonds is 6. The predicted molar refractivity (Wildman–Crippen MR) is 89.4 cm³/mol. The molecule has 2 rings (SSSR count). The van der Waals surface area contributed by atoms with E-state index in [1.54, 1.807) is 19.1 Å². The Morgan fingerprint density at radius 2 is 2.00 bits per heavy atom. The van der Waals surface area contributed by atoms with Crippen molar-refractivity contribution in [2.75, 3.05) is 32.8 Å². The van der Waals surface area contributed by atoms with Gasteiger partial charge in [0.15, 0.2) is 11.5 Å². The number of hydrogen-bond acceptors (Lipinski definition) is 4. The van der Waals surface area contributed by atoms with Gasteiger partial charge in [-0.1, -0.05) is 0 Å². The van der Waals surface area contributed by atoms with Gasteiger partial charge in [0.25, 0.3) is 0 Å². The lowest BCUT2D eigenvalue weighted by molar-refractivity contribution is -0.138. The van der Waals surface area contributed by atoms with Gasteiger partial charge in [-0.2, -0.15) is 13.2 Å². The summed E-state index contributed by atoms with van der Waals surface area (Å²) in [6, 6.07) is 2.96. The van der Waals surface area contributed by atoms with Crippen molar-refractivity contribution >= 4 is 15.9 Å². The van der Waals surface area contributed by atoms with Crippen LogP contribution in [0.3, 0.4) is 0 Å². The lowest BCUT2D eigenvalue weighted by atomic mass is 9.98. The van der Waals surface area contributed by atoms with Crippen molar-refractivity contribution in [1.82, 2.24) is 10.2 Å². The standard InChI is InChI=1S/C16H22BrF3N2O2/c1-2-24-14-10-11(9-12(17)15(14)23)13(3-4-16(18,19)20)22-7-5-21-6-8-22/h9-10,13,21,23H,2-8H2,1H3/t13-/m1/s1. The molecule has 0 aliphatic carbocycles. The fourth-order valence-electron chi connectivity index (χ4n) is 2.91. The highest BCUT2D eigenvalue weighted by Gasteiger charge is 2.32. The van der Waals surface area contributed by atoms with E-state index in [0.29, 0.717) is 29.7 Å². The van der Waals surface area contributed by atoms with Crippen molar-refractivity contribution in [3.8, 4) is 11.5 Å². The number of ether oxygens (including phenoxy) is 1. The van der Waals surface area contributed by atoms with E-state index in [9.17, 15) is 18.3 Å². The molecule has 0 aromatic heterocycles. The van der Waals surface area contributed by atoms with Gasteiger partial charge < -0.3 is 15.2 Å². The van der Waals surface area contributed by atoms with E-state index >= 15 is 0 Å². The Morgan fingerprint density at radius 3 is 2.58 bits per heavy atom. The summed E-state index contributed by atoms with van der Waals surface area (Å²) in [5.41, 5.74) is 0.717. The minimum absolute atomic E-state index is 0.0215. The van der Waals surface area contributed by atoms with Crippen LogP contribution < -0.4 is 10.1 Å². The first-order chi connectivity index (χ1) is 11.3. The van der Waals surface area contributed by atoms with Crippen LogP contribution in [0.15, 0.2) is 16.6 Å².